The second-order valence-corrected chi connectivity index (χ2v) is 17.5. The zero-order valence-corrected chi connectivity index (χ0v) is 35.4. The first-order valence-corrected chi connectivity index (χ1v) is 22.5. The van der Waals surface area contributed by atoms with Crippen LogP contribution in [0.5, 0.6) is 0 Å². The first-order chi connectivity index (χ1) is 32.3. The van der Waals surface area contributed by atoms with Crippen molar-refractivity contribution in [3.05, 3.63) is 259 Å². The van der Waals surface area contributed by atoms with Crippen molar-refractivity contribution in [2.75, 3.05) is 4.90 Å². The molecular formula is C63H39NO. The van der Waals surface area contributed by atoms with E-state index < -0.39 is 5.41 Å². The molecule has 0 N–H and O–H groups in total. The van der Waals surface area contributed by atoms with Crippen LogP contribution >= 0.6 is 0 Å². The lowest BCUT2D eigenvalue weighted by molar-refractivity contribution is 0.670. The van der Waals surface area contributed by atoms with E-state index in [9.17, 15) is 0 Å². The van der Waals surface area contributed by atoms with Crippen LogP contribution in [0, 0.1) is 0 Å². The molecule has 0 atom stereocenters. The summed E-state index contributed by atoms with van der Waals surface area (Å²) in [7, 11) is 0. The molecular weight excluding hydrogens is 787 g/mol. The molecule has 65 heavy (non-hydrogen) atoms. The van der Waals surface area contributed by atoms with Crippen molar-refractivity contribution >= 4 is 60.5 Å². The van der Waals surface area contributed by atoms with Gasteiger partial charge < -0.3 is 9.32 Å². The van der Waals surface area contributed by atoms with Gasteiger partial charge in [0, 0.05) is 33.0 Å². The molecule has 2 heteroatoms. The Kier molecular flexibility index (Phi) is 7.64. The molecule has 14 rings (SSSR count). The maximum atomic E-state index is 6.57. The Morgan fingerprint density at radius 1 is 0.323 bits per heavy atom. The average Bonchev–Trinajstić information content (AvgIpc) is 4.01. The molecule has 0 radical (unpaired) electrons. The third kappa shape index (κ3) is 5.05. The Labute approximate surface area is 376 Å². The van der Waals surface area contributed by atoms with E-state index in [1.165, 1.54) is 66.1 Å². The van der Waals surface area contributed by atoms with E-state index in [-0.39, 0.29) is 0 Å². The van der Waals surface area contributed by atoms with Crippen LogP contribution in [0.15, 0.2) is 241 Å². The molecule has 0 bridgehead atoms. The molecule has 2 aliphatic rings. The third-order valence-corrected chi connectivity index (χ3v) is 14.3. The van der Waals surface area contributed by atoms with Crippen LogP contribution in [0.1, 0.15) is 22.3 Å². The van der Waals surface area contributed by atoms with Crippen LogP contribution in [-0.4, -0.2) is 0 Å². The van der Waals surface area contributed by atoms with Crippen LogP contribution in [0.2, 0.25) is 0 Å². The Morgan fingerprint density at radius 2 is 0.892 bits per heavy atom. The van der Waals surface area contributed by atoms with Gasteiger partial charge >= 0.3 is 0 Å². The number of benzene rings is 11. The van der Waals surface area contributed by atoms with E-state index >= 15 is 0 Å². The highest BCUT2D eigenvalue weighted by atomic mass is 16.3. The van der Waals surface area contributed by atoms with E-state index in [2.05, 4.69) is 241 Å². The molecule has 2 aliphatic carbocycles. The lowest BCUT2D eigenvalue weighted by Crippen LogP contribution is -2.26. The number of para-hydroxylation sites is 1. The second-order valence-electron chi connectivity index (χ2n) is 17.5. The van der Waals surface area contributed by atoms with Crippen molar-refractivity contribution in [1.82, 2.24) is 0 Å². The van der Waals surface area contributed by atoms with Gasteiger partial charge in [0.1, 0.15) is 11.2 Å². The smallest absolute Gasteiger partial charge is 0.143 e. The highest BCUT2D eigenvalue weighted by Crippen LogP contribution is 2.65. The van der Waals surface area contributed by atoms with Crippen LogP contribution in [0.3, 0.4) is 0 Å². The Hall–Kier alpha value is -8.46. The number of rotatable bonds is 5. The fourth-order valence-corrected chi connectivity index (χ4v) is 11.6. The Bertz CT molecular complexity index is 3850. The van der Waals surface area contributed by atoms with Gasteiger partial charge in [-0.3, -0.25) is 0 Å². The molecule has 0 saturated carbocycles. The van der Waals surface area contributed by atoms with Crippen molar-refractivity contribution < 1.29 is 4.42 Å². The minimum absolute atomic E-state index is 0.451. The SMILES string of the molecule is c1ccc(-c2cccc3c2oc2ccc(-c4ccc(N(c5cccc6c5-c5ccccc5C65c6ccccc6-c6ccccc65)c5cc6ccccc6c6ccccc56)cc4)cc23)cc1. The molecule has 12 aromatic rings. The monoisotopic (exact) mass is 825 g/mol. The standard InChI is InChI=1S/C63H39NO/c1-2-16-41(17-3-1)46-25-14-26-51-53-38-42(34-37-60(53)65-62(46)51)40-32-35-44(36-33-40)64(59-39-43-18-4-5-19-45(43)47-20-6-7-23-50(47)59)58-31-15-30-57-61(58)52-24-10-13-29-56(52)63(57)54-27-11-8-21-48(54)49-22-9-12-28-55(49)63/h1-39H. The minimum Gasteiger partial charge on any atom is -0.455 e. The van der Waals surface area contributed by atoms with Crippen molar-refractivity contribution in [3.63, 3.8) is 0 Å². The van der Waals surface area contributed by atoms with Gasteiger partial charge in [-0.1, -0.05) is 200 Å². The molecule has 302 valence electrons. The lowest BCUT2D eigenvalue weighted by atomic mass is 9.70. The molecule has 0 unspecified atom stereocenters. The normalized spacial score (nSPS) is 13.0. The summed E-state index contributed by atoms with van der Waals surface area (Å²) in [6.07, 6.45) is 0. The molecule has 1 spiro atoms. The van der Waals surface area contributed by atoms with Gasteiger partial charge in [-0.2, -0.15) is 0 Å². The van der Waals surface area contributed by atoms with E-state index in [4.69, 9.17) is 4.42 Å². The summed E-state index contributed by atoms with van der Waals surface area (Å²) in [5.41, 5.74) is 19.8. The number of furan rings is 1. The van der Waals surface area contributed by atoms with Crippen LogP contribution < -0.4 is 4.90 Å². The third-order valence-electron chi connectivity index (χ3n) is 14.3. The molecule has 0 saturated heterocycles. The molecule has 1 heterocycles. The quantitative estimate of drug-likeness (QED) is 0.161. The minimum atomic E-state index is -0.451. The van der Waals surface area contributed by atoms with E-state index in [0.717, 1.165) is 61.3 Å². The largest absolute Gasteiger partial charge is 0.455 e. The number of hydrogen-bond donors (Lipinski definition) is 0. The summed E-state index contributed by atoms with van der Waals surface area (Å²) in [4.78, 5) is 2.53. The van der Waals surface area contributed by atoms with Crippen LogP contribution in [0.25, 0.3) is 88.0 Å². The van der Waals surface area contributed by atoms with Gasteiger partial charge in [-0.25, -0.2) is 0 Å². The number of nitrogens with zero attached hydrogens (tertiary/aromatic N) is 1. The van der Waals surface area contributed by atoms with Crippen LogP contribution in [0.4, 0.5) is 17.1 Å². The summed E-state index contributed by atoms with van der Waals surface area (Å²) in [6.45, 7) is 0. The highest BCUT2D eigenvalue weighted by Gasteiger charge is 2.52. The van der Waals surface area contributed by atoms with E-state index in [1.807, 2.05) is 0 Å². The molecule has 1 aromatic heterocycles. The molecule has 0 amide bonds. The zero-order valence-electron chi connectivity index (χ0n) is 35.4. The number of anilines is 3. The fraction of sp³-hybridized carbons (Fsp3) is 0.0159. The Morgan fingerprint density at radius 3 is 1.66 bits per heavy atom. The van der Waals surface area contributed by atoms with Gasteiger partial charge in [0.25, 0.3) is 0 Å². The van der Waals surface area contributed by atoms with Gasteiger partial charge in [-0.15, -0.1) is 0 Å². The van der Waals surface area contributed by atoms with Crippen molar-refractivity contribution in [1.29, 1.82) is 0 Å². The summed E-state index contributed by atoms with van der Waals surface area (Å²) in [5.74, 6) is 0. The molecule has 0 fully saturated rings. The van der Waals surface area contributed by atoms with Gasteiger partial charge in [0.2, 0.25) is 0 Å². The summed E-state index contributed by atoms with van der Waals surface area (Å²) >= 11 is 0. The van der Waals surface area contributed by atoms with Gasteiger partial charge in [0.05, 0.1) is 16.8 Å². The molecule has 0 aliphatic heterocycles. The highest BCUT2D eigenvalue weighted by molar-refractivity contribution is 6.16. The Balaban J connectivity index is 0.990. The van der Waals surface area contributed by atoms with E-state index in [1.54, 1.807) is 0 Å². The number of fused-ring (bicyclic) bond motifs is 16. The van der Waals surface area contributed by atoms with E-state index in [0.29, 0.717) is 0 Å². The second kappa shape index (κ2) is 13.8. The maximum absolute atomic E-state index is 6.57. The maximum Gasteiger partial charge on any atom is 0.143 e. The molecule has 11 aromatic carbocycles. The summed E-state index contributed by atoms with van der Waals surface area (Å²) in [6, 6.07) is 87.1. The van der Waals surface area contributed by atoms with Crippen molar-refractivity contribution in [3.8, 4) is 44.5 Å². The lowest BCUT2D eigenvalue weighted by Gasteiger charge is -2.32. The first-order valence-electron chi connectivity index (χ1n) is 22.5. The van der Waals surface area contributed by atoms with Gasteiger partial charge in [0.15, 0.2) is 0 Å². The first kappa shape index (κ1) is 36.1. The molecule has 2 nitrogen and oxygen atoms in total. The topological polar surface area (TPSA) is 16.4 Å². The van der Waals surface area contributed by atoms with Crippen molar-refractivity contribution in [2.45, 2.75) is 5.41 Å². The summed E-state index contributed by atoms with van der Waals surface area (Å²) in [5, 5.41) is 7.15. The van der Waals surface area contributed by atoms with Gasteiger partial charge in [-0.05, 0) is 108 Å². The van der Waals surface area contributed by atoms with Crippen molar-refractivity contribution in [2.24, 2.45) is 0 Å². The average molecular weight is 826 g/mol. The predicted octanol–water partition coefficient (Wildman–Crippen LogP) is 17.0. The van der Waals surface area contributed by atoms with Crippen LogP contribution in [-0.2, 0) is 5.41 Å². The summed E-state index contributed by atoms with van der Waals surface area (Å²) < 4.78 is 6.57. The zero-order chi connectivity index (χ0) is 42.6. The fourth-order valence-electron chi connectivity index (χ4n) is 11.6. The predicted molar refractivity (Wildman–Crippen MR) is 271 cm³/mol. The number of hydrogen-bond acceptors (Lipinski definition) is 2.